The van der Waals surface area contributed by atoms with Crippen molar-refractivity contribution in [3.63, 3.8) is 0 Å². The number of nitrogens with two attached hydrogens (primary N) is 1. The summed E-state index contributed by atoms with van der Waals surface area (Å²) < 4.78 is 54.6. The molecular formula is C38H47Cl2F3N4O9. The van der Waals surface area contributed by atoms with Crippen molar-refractivity contribution in [1.29, 1.82) is 0 Å². The molecule has 3 amide bonds. The summed E-state index contributed by atoms with van der Waals surface area (Å²) in [7, 11) is 4.46. The Bertz CT molecular complexity index is 1830. The number of ether oxygens (including phenoxy) is 3. The van der Waals surface area contributed by atoms with Crippen LogP contribution < -0.4 is 20.7 Å². The fourth-order valence-electron chi connectivity index (χ4n) is 6.06. The predicted octanol–water partition coefficient (Wildman–Crippen LogP) is 6.57. The summed E-state index contributed by atoms with van der Waals surface area (Å²) in [6.45, 7) is 3.25. The summed E-state index contributed by atoms with van der Waals surface area (Å²) in [5, 5.41) is 22.6. The molecule has 13 nitrogen and oxygen atoms in total. The van der Waals surface area contributed by atoms with Crippen molar-refractivity contribution in [3.05, 3.63) is 75.8 Å². The number of allylic oxidation sites excluding steroid dienone is 3. The highest BCUT2D eigenvalue weighted by atomic mass is 35.5. The average molecular weight is 832 g/mol. The number of aliphatic hydroxyl groups is 1. The number of epoxide rings is 1. The highest BCUT2D eigenvalue weighted by Gasteiger charge is 2.45. The number of alkyl carbamates (subject to hydrolysis) is 1. The molecule has 3 heterocycles. The molecule has 0 spiro atoms. The molecule has 2 aromatic rings. The number of carbonyl (C=O) groups is 4. The second-order valence-electron chi connectivity index (χ2n) is 13.5. The Kier molecular flexibility index (Phi) is 16.0. The summed E-state index contributed by atoms with van der Waals surface area (Å²) in [6.07, 6.45) is 3.65. The molecule has 0 aromatic heterocycles. The van der Waals surface area contributed by atoms with E-state index in [0.717, 1.165) is 28.2 Å². The first-order valence-corrected chi connectivity index (χ1v) is 18.5. The van der Waals surface area contributed by atoms with Crippen LogP contribution in [0.3, 0.4) is 0 Å². The van der Waals surface area contributed by atoms with Gasteiger partial charge in [0.15, 0.2) is 0 Å². The third-order valence-corrected chi connectivity index (χ3v) is 9.73. The van der Waals surface area contributed by atoms with Gasteiger partial charge in [0.05, 0.1) is 30.6 Å². The molecule has 2 aromatic carbocycles. The number of carbonyl (C=O) groups excluding carboxylic acids is 3. The molecule has 0 saturated carbocycles. The van der Waals surface area contributed by atoms with E-state index in [0.29, 0.717) is 48.2 Å². The second kappa shape index (κ2) is 19.6. The van der Waals surface area contributed by atoms with E-state index < -0.39 is 53.3 Å². The number of carboxylic acid groups (broad SMARTS) is 1. The standard InChI is InChI=1S/C25H31ClN2O6.C12H13F3N2O3.CH3Cl/c1-15-6-4-5-9-25(31)14-17(33-24(30)27-25)13-20-19(34-20)7-8-22(29)28(2)18-11-16(10-15)12-21(32-3)23(18)26;1-6(11(19)20)17(2)10(18)7-3-4-9(16)8(5-7)12(13,14)15;1-2/h4-6,11-12,17,19-20,31H,7-10,13-14H2,1-3H3,(H,27,30);3-6H,16H2,1-2H3,(H,19,20);1H3/b5-4+,15-6+;;/t17?,19?,20?,25-;6-;/m10./s1. The van der Waals surface area contributed by atoms with Crippen LogP contribution in [-0.4, -0.2) is 96.7 Å². The molecule has 5 atom stereocenters. The van der Waals surface area contributed by atoms with Crippen LogP contribution >= 0.6 is 23.2 Å². The highest BCUT2D eigenvalue weighted by Crippen LogP contribution is 2.39. The zero-order valence-electron chi connectivity index (χ0n) is 31.8. The van der Waals surface area contributed by atoms with Gasteiger partial charge in [0.2, 0.25) is 5.91 Å². The molecule has 0 aliphatic carbocycles. The number of aliphatic carboxylic acids is 1. The lowest BCUT2D eigenvalue weighted by Crippen LogP contribution is -2.56. The first-order valence-electron chi connectivity index (χ1n) is 17.4. The molecule has 56 heavy (non-hydrogen) atoms. The van der Waals surface area contributed by atoms with Gasteiger partial charge in [-0.1, -0.05) is 35.4 Å². The van der Waals surface area contributed by atoms with Crippen molar-refractivity contribution in [3.8, 4) is 5.75 Å². The molecule has 2 saturated heterocycles. The Hall–Kier alpha value is -4.51. The van der Waals surface area contributed by atoms with Gasteiger partial charge >= 0.3 is 18.2 Å². The second-order valence-corrected chi connectivity index (χ2v) is 13.9. The number of benzene rings is 2. The normalized spacial score (nSPS) is 24.5. The number of amides is 3. The van der Waals surface area contributed by atoms with Gasteiger partial charge in [0, 0.05) is 57.4 Å². The molecule has 3 aliphatic heterocycles. The van der Waals surface area contributed by atoms with Gasteiger partial charge in [-0.15, -0.1) is 11.6 Å². The first kappa shape index (κ1) is 45.9. The zero-order chi connectivity index (χ0) is 42.1. The Morgan fingerprint density at radius 3 is 2.48 bits per heavy atom. The summed E-state index contributed by atoms with van der Waals surface area (Å²) in [4.78, 5) is 50.1. The third kappa shape index (κ3) is 12.2. The Morgan fingerprint density at radius 1 is 1.18 bits per heavy atom. The van der Waals surface area contributed by atoms with Gasteiger partial charge in [0.25, 0.3) is 5.91 Å². The van der Waals surface area contributed by atoms with Gasteiger partial charge in [0.1, 0.15) is 28.6 Å². The number of nitrogens with one attached hydrogen (secondary N) is 1. The Balaban J connectivity index is 0.000000327. The predicted molar refractivity (Wildman–Crippen MR) is 205 cm³/mol. The molecule has 3 aliphatic rings. The molecule has 2 fully saturated rings. The van der Waals surface area contributed by atoms with E-state index in [9.17, 15) is 37.5 Å². The Morgan fingerprint density at radius 2 is 1.86 bits per heavy atom. The molecule has 4 bridgehead atoms. The number of hydrogen-bond donors (Lipinski definition) is 4. The third-order valence-electron chi connectivity index (χ3n) is 9.35. The van der Waals surface area contributed by atoms with E-state index in [4.69, 9.17) is 36.7 Å². The number of halogens is 5. The number of rotatable bonds is 4. The van der Waals surface area contributed by atoms with Crippen LogP contribution in [0.5, 0.6) is 5.75 Å². The molecule has 0 radical (unpaired) electrons. The van der Waals surface area contributed by atoms with Crippen molar-refractivity contribution in [2.24, 2.45) is 0 Å². The number of nitrogens with zero attached hydrogens (tertiary/aromatic N) is 2. The number of methoxy groups -OCH3 is 1. The largest absolute Gasteiger partial charge is 0.495 e. The highest BCUT2D eigenvalue weighted by molar-refractivity contribution is 6.35. The quantitative estimate of drug-likeness (QED) is 0.149. The van der Waals surface area contributed by atoms with Crippen molar-refractivity contribution in [2.45, 2.75) is 88.6 Å². The van der Waals surface area contributed by atoms with Crippen LogP contribution in [0.25, 0.3) is 0 Å². The summed E-state index contributed by atoms with van der Waals surface area (Å²) >= 11 is 11.2. The number of likely N-dealkylation sites (N-methyl/N-ethyl adjacent to an activating group) is 1. The molecular weight excluding hydrogens is 784 g/mol. The first-order chi connectivity index (χ1) is 26.2. The van der Waals surface area contributed by atoms with E-state index in [1.54, 1.807) is 19.1 Å². The van der Waals surface area contributed by atoms with Gasteiger partial charge in [-0.05, 0) is 62.6 Å². The van der Waals surface area contributed by atoms with Gasteiger partial charge < -0.3 is 40.0 Å². The number of fused-ring (bicyclic) bond motifs is 5. The van der Waals surface area contributed by atoms with Crippen molar-refractivity contribution < 1.29 is 56.8 Å². The molecule has 3 unspecified atom stereocenters. The minimum atomic E-state index is -4.68. The summed E-state index contributed by atoms with van der Waals surface area (Å²) in [5.74, 6) is -1.65. The number of carboxylic acids is 1. The molecule has 5 N–H and O–H groups in total. The maximum Gasteiger partial charge on any atom is 0.418 e. The summed E-state index contributed by atoms with van der Waals surface area (Å²) in [6, 6.07) is 5.33. The molecule has 5 rings (SSSR count). The monoisotopic (exact) mass is 830 g/mol. The van der Waals surface area contributed by atoms with E-state index in [1.807, 2.05) is 37.3 Å². The number of alkyl halides is 4. The lowest BCUT2D eigenvalue weighted by Gasteiger charge is -2.36. The van der Waals surface area contributed by atoms with Gasteiger partial charge in [-0.3, -0.25) is 14.9 Å². The van der Waals surface area contributed by atoms with E-state index in [2.05, 4.69) is 16.9 Å². The smallest absolute Gasteiger partial charge is 0.418 e. The average Bonchev–Trinajstić information content (AvgIpc) is 3.88. The van der Waals surface area contributed by atoms with Crippen LogP contribution in [0.1, 0.15) is 67.4 Å². The fraction of sp³-hybridized carbons (Fsp3) is 0.474. The van der Waals surface area contributed by atoms with Crippen molar-refractivity contribution in [2.75, 3.05) is 38.2 Å². The van der Waals surface area contributed by atoms with Crippen LogP contribution in [-0.2, 0) is 31.7 Å². The SMILES string of the molecule is CCl.COc1cc2cc(c1Cl)N(C)C(=O)CCC1OC1CC1C[C@](O)(C/C=C/C=C(\C)C2)NC(=O)O1.C[C@@H](C(=O)O)N(C)C(=O)c1ccc(N)c(C(F)(F)F)c1. The number of anilines is 2. The maximum absolute atomic E-state index is 12.9. The Labute approximate surface area is 333 Å². The zero-order valence-corrected chi connectivity index (χ0v) is 33.3. The minimum absolute atomic E-state index is 0.0777. The van der Waals surface area contributed by atoms with Crippen LogP contribution in [0, 0.1) is 0 Å². The lowest BCUT2D eigenvalue weighted by atomic mass is 9.96. The van der Waals surface area contributed by atoms with Crippen LogP contribution in [0.2, 0.25) is 5.02 Å². The molecule has 308 valence electrons. The number of hydrogen-bond acceptors (Lipinski definition) is 9. The van der Waals surface area contributed by atoms with Gasteiger partial charge in [-0.2, -0.15) is 13.2 Å². The minimum Gasteiger partial charge on any atom is -0.495 e. The molecule has 18 heteroatoms. The van der Waals surface area contributed by atoms with Crippen molar-refractivity contribution >= 4 is 58.5 Å². The van der Waals surface area contributed by atoms with Crippen LogP contribution in [0.4, 0.5) is 29.3 Å². The maximum atomic E-state index is 12.9. The topological polar surface area (TPSA) is 184 Å². The summed E-state index contributed by atoms with van der Waals surface area (Å²) in [5.41, 5.74) is 4.58. The number of nitrogen functional groups attached to an aromatic ring is 1. The van der Waals surface area contributed by atoms with E-state index >= 15 is 0 Å². The fourth-order valence-corrected chi connectivity index (χ4v) is 6.38. The van der Waals surface area contributed by atoms with Crippen LogP contribution in [0.15, 0.2) is 54.1 Å². The van der Waals surface area contributed by atoms with E-state index in [1.165, 1.54) is 20.4 Å². The van der Waals surface area contributed by atoms with Crippen molar-refractivity contribution in [1.82, 2.24) is 10.2 Å². The van der Waals surface area contributed by atoms with Gasteiger partial charge in [-0.25, -0.2) is 9.59 Å². The lowest BCUT2D eigenvalue weighted by molar-refractivity contribution is -0.141. The van der Waals surface area contributed by atoms with E-state index in [-0.39, 0.29) is 36.5 Å².